The molecule has 1 aromatic heterocycles. The molecule has 0 amide bonds. The molecule has 0 aromatic carbocycles. The predicted octanol–water partition coefficient (Wildman–Crippen LogP) is 2.78. The molecule has 0 spiro atoms. The third kappa shape index (κ3) is 3.84. The lowest BCUT2D eigenvalue weighted by atomic mass is 9.92. The summed E-state index contributed by atoms with van der Waals surface area (Å²) in [5.41, 5.74) is 0.447. The standard InChI is InChI=1S/C14H25N3/c1-14(2,3)6-9-17-8-4-5-13(17)11-16-10-7-15-12-16/h7,10,12-13H,4-6,8-9,11H2,1-3H3/t13-/m1/s1. The third-order valence-electron chi connectivity index (χ3n) is 3.63. The molecule has 0 radical (unpaired) electrons. The van der Waals surface area contributed by atoms with E-state index in [-0.39, 0.29) is 0 Å². The smallest absolute Gasteiger partial charge is 0.0946 e. The van der Waals surface area contributed by atoms with E-state index in [0.717, 1.165) is 6.54 Å². The lowest BCUT2D eigenvalue weighted by Crippen LogP contribution is -2.35. The summed E-state index contributed by atoms with van der Waals surface area (Å²) in [6, 6.07) is 0.714. The van der Waals surface area contributed by atoms with Gasteiger partial charge in [0, 0.05) is 25.0 Å². The minimum atomic E-state index is 0.447. The first-order valence-corrected chi connectivity index (χ1v) is 6.74. The minimum absolute atomic E-state index is 0.447. The van der Waals surface area contributed by atoms with E-state index in [1.165, 1.54) is 32.4 Å². The van der Waals surface area contributed by atoms with Gasteiger partial charge in [0.1, 0.15) is 0 Å². The van der Waals surface area contributed by atoms with Crippen LogP contribution in [0.3, 0.4) is 0 Å². The van der Waals surface area contributed by atoms with Gasteiger partial charge >= 0.3 is 0 Å². The molecule has 0 saturated carbocycles. The molecular weight excluding hydrogens is 210 g/mol. The second-order valence-electron chi connectivity index (χ2n) is 6.40. The van der Waals surface area contributed by atoms with Crippen molar-refractivity contribution in [3.63, 3.8) is 0 Å². The van der Waals surface area contributed by atoms with Crippen LogP contribution in [-0.4, -0.2) is 33.6 Å². The molecule has 0 unspecified atom stereocenters. The van der Waals surface area contributed by atoms with E-state index >= 15 is 0 Å². The zero-order chi connectivity index (χ0) is 12.3. The first kappa shape index (κ1) is 12.6. The van der Waals surface area contributed by atoms with E-state index in [9.17, 15) is 0 Å². The number of hydrogen-bond acceptors (Lipinski definition) is 2. The fraction of sp³-hybridized carbons (Fsp3) is 0.786. The third-order valence-corrected chi connectivity index (χ3v) is 3.63. The molecule has 96 valence electrons. The second kappa shape index (κ2) is 5.21. The van der Waals surface area contributed by atoms with Crippen molar-refractivity contribution in [3.05, 3.63) is 18.7 Å². The molecule has 1 atom stereocenters. The average Bonchev–Trinajstić information content (AvgIpc) is 2.86. The van der Waals surface area contributed by atoms with Crippen LogP contribution in [0.15, 0.2) is 18.7 Å². The van der Waals surface area contributed by atoms with Crippen molar-refractivity contribution in [1.82, 2.24) is 14.5 Å². The van der Waals surface area contributed by atoms with Crippen LogP contribution in [0.2, 0.25) is 0 Å². The Balaban J connectivity index is 1.85. The summed E-state index contributed by atoms with van der Waals surface area (Å²) in [5, 5.41) is 0. The Morgan fingerprint density at radius 2 is 2.18 bits per heavy atom. The van der Waals surface area contributed by atoms with Crippen molar-refractivity contribution < 1.29 is 0 Å². The van der Waals surface area contributed by atoms with Crippen molar-refractivity contribution in [3.8, 4) is 0 Å². The fourth-order valence-corrected chi connectivity index (χ4v) is 2.51. The van der Waals surface area contributed by atoms with Gasteiger partial charge in [0.2, 0.25) is 0 Å². The Morgan fingerprint density at radius 1 is 1.35 bits per heavy atom. The summed E-state index contributed by atoms with van der Waals surface area (Å²) in [5.74, 6) is 0. The van der Waals surface area contributed by atoms with Crippen molar-refractivity contribution in [1.29, 1.82) is 0 Å². The van der Waals surface area contributed by atoms with E-state index < -0.39 is 0 Å². The maximum Gasteiger partial charge on any atom is 0.0946 e. The zero-order valence-corrected chi connectivity index (χ0v) is 11.4. The molecule has 0 N–H and O–H groups in total. The Morgan fingerprint density at radius 3 is 2.82 bits per heavy atom. The zero-order valence-electron chi connectivity index (χ0n) is 11.4. The lowest BCUT2D eigenvalue weighted by Gasteiger charge is -2.28. The summed E-state index contributed by atoms with van der Waals surface area (Å²) in [6.45, 7) is 10.6. The summed E-state index contributed by atoms with van der Waals surface area (Å²) in [4.78, 5) is 6.78. The predicted molar refractivity (Wildman–Crippen MR) is 70.9 cm³/mol. The number of aromatic nitrogens is 2. The highest BCUT2D eigenvalue weighted by Crippen LogP contribution is 2.24. The molecule has 3 nitrogen and oxygen atoms in total. The summed E-state index contributed by atoms with van der Waals surface area (Å²) >= 11 is 0. The van der Waals surface area contributed by atoms with E-state index in [2.05, 4.69) is 41.4 Å². The summed E-state index contributed by atoms with van der Waals surface area (Å²) in [6.07, 6.45) is 9.84. The van der Waals surface area contributed by atoms with Gasteiger partial charge < -0.3 is 4.57 Å². The van der Waals surface area contributed by atoms with Gasteiger partial charge in [-0.2, -0.15) is 0 Å². The van der Waals surface area contributed by atoms with Crippen LogP contribution in [0, 0.1) is 5.41 Å². The lowest BCUT2D eigenvalue weighted by molar-refractivity contribution is 0.199. The first-order valence-electron chi connectivity index (χ1n) is 6.74. The van der Waals surface area contributed by atoms with Gasteiger partial charge in [-0.05, 0) is 37.8 Å². The Bertz CT molecular complexity index is 324. The minimum Gasteiger partial charge on any atom is -0.336 e. The molecular formula is C14H25N3. The fourth-order valence-electron chi connectivity index (χ4n) is 2.51. The SMILES string of the molecule is CC(C)(C)CCN1CCC[C@@H]1Cn1ccnc1. The highest BCUT2D eigenvalue weighted by Gasteiger charge is 2.25. The highest BCUT2D eigenvalue weighted by molar-refractivity contribution is 4.84. The van der Waals surface area contributed by atoms with Gasteiger partial charge in [-0.1, -0.05) is 20.8 Å². The molecule has 17 heavy (non-hydrogen) atoms. The van der Waals surface area contributed by atoms with Crippen molar-refractivity contribution >= 4 is 0 Å². The van der Waals surface area contributed by atoms with E-state index in [4.69, 9.17) is 0 Å². The Labute approximate surface area is 105 Å². The molecule has 0 bridgehead atoms. The number of rotatable bonds is 4. The van der Waals surface area contributed by atoms with Crippen LogP contribution in [-0.2, 0) is 6.54 Å². The topological polar surface area (TPSA) is 21.1 Å². The van der Waals surface area contributed by atoms with Crippen LogP contribution in [0.4, 0.5) is 0 Å². The molecule has 1 aliphatic rings. The largest absolute Gasteiger partial charge is 0.336 e. The maximum absolute atomic E-state index is 4.12. The van der Waals surface area contributed by atoms with E-state index in [1.807, 2.05) is 12.5 Å². The molecule has 2 heterocycles. The summed E-state index contributed by atoms with van der Waals surface area (Å²) < 4.78 is 2.21. The number of hydrogen-bond donors (Lipinski definition) is 0. The Kier molecular flexibility index (Phi) is 3.87. The highest BCUT2D eigenvalue weighted by atomic mass is 15.2. The number of nitrogens with zero attached hydrogens (tertiary/aromatic N) is 3. The monoisotopic (exact) mass is 235 g/mol. The molecule has 1 saturated heterocycles. The normalized spacial score (nSPS) is 22.2. The van der Waals surface area contributed by atoms with Crippen LogP contribution >= 0.6 is 0 Å². The van der Waals surface area contributed by atoms with Crippen LogP contribution in [0.1, 0.15) is 40.0 Å². The number of imidazole rings is 1. The van der Waals surface area contributed by atoms with Crippen LogP contribution in [0.5, 0.6) is 0 Å². The van der Waals surface area contributed by atoms with E-state index in [1.54, 1.807) is 0 Å². The second-order valence-corrected chi connectivity index (χ2v) is 6.40. The molecule has 1 fully saturated rings. The maximum atomic E-state index is 4.12. The van der Waals surface area contributed by atoms with Crippen LogP contribution in [0.25, 0.3) is 0 Å². The van der Waals surface area contributed by atoms with Gasteiger partial charge in [-0.15, -0.1) is 0 Å². The molecule has 3 heteroatoms. The summed E-state index contributed by atoms with van der Waals surface area (Å²) in [7, 11) is 0. The van der Waals surface area contributed by atoms with Crippen molar-refractivity contribution in [2.24, 2.45) is 5.41 Å². The molecule has 1 aromatic rings. The van der Waals surface area contributed by atoms with Crippen molar-refractivity contribution in [2.45, 2.75) is 52.6 Å². The van der Waals surface area contributed by atoms with Gasteiger partial charge in [0.05, 0.1) is 6.33 Å². The van der Waals surface area contributed by atoms with Crippen molar-refractivity contribution in [2.75, 3.05) is 13.1 Å². The van der Waals surface area contributed by atoms with Gasteiger partial charge in [0.15, 0.2) is 0 Å². The number of likely N-dealkylation sites (tertiary alicyclic amines) is 1. The Hall–Kier alpha value is -0.830. The van der Waals surface area contributed by atoms with Gasteiger partial charge in [-0.25, -0.2) is 4.98 Å². The van der Waals surface area contributed by atoms with Gasteiger partial charge in [-0.3, -0.25) is 4.90 Å². The van der Waals surface area contributed by atoms with Crippen LogP contribution < -0.4 is 0 Å². The van der Waals surface area contributed by atoms with E-state index in [0.29, 0.717) is 11.5 Å². The molecule has 1 aliphatic heterocycles. The first-order chi connectivity index (χ1) is 8.04. The molecule has 2 rings (SSSR count). The average molecular weight is 235 g/mol. The molecule has 0 aliphatic carbocycles. The quantitative estimate of drug-likeness (QED) is 0.800. The van der Waals surface area contributed by atoms with Gasteiger partial charge in [0.25, 0.3) is 0 Å².